The quantitative estimate of drug-likeness (QED) is 0.505. The van der Waals surface area contributed by atoms with E-state index in [-0.39, 0.29) is 24.5 Å². The third-order valence-electron chi connectivity index (χ3n) is 6.24. The molecular weight excluding hydrogens is 448 g/mol. The Hall–Kier alpha value is -3.88. The molecule has 3 aromatic rings. The highest BCUT2D eigenvalue weighted by molar-refractivity contribution is 5.78. The van der Waals surface area contributed by atoms with E-state index in [1.807, 2.05) is 42.5 Å². The van der Waals surface area contributed by atoms with Gasteiger partial charge < -0.3 is 19.0 Å². The van der Waals surface area contributed by atoms with Crippen LogP contribution >= 0.6 is 0 Å². The summed E-state index contributed by atoms with van der Waals surface area (Å²) in [5.41, 5.74) is 0.711. The van der Waals surface area contributed by atoms with Crippen LogP contribution in [0.1, 0.15) is 50.5 Å². The summed E-state index contributed by atoms with van der Waals surface area (Å²) in [7, 11) is 0. The zero-order chi connectivity index (χ0) is 24.0. The van der Waals surface area contributed by atoms with Crippen LogP contribution < -0.4 is 9.57 Å². The molecular formula is C26H28N4O5. The maximum absolute atomic E-state index is 13.0. The van der Waals surface area contributed by atoms with Gasteiger partial charge in [0.2, 0.25) is 11.7 Å². The topological polar surface area (TPSA) is 98.0 Å². The number of piperidine rings is 2. The summed E-state index contributed by atoms with van der Waals surface area (Å²) in [4.78, 5) is 37.2. The SMILES string of the molecule is O=C1CCCCN1Oc1cccc(-c2noc([C@@H]3CCCCN3C(=O)COc3ccccc3)n2)c1. The van der Waals surface area contributed by atoms with E-state index in [9.17, 15) is 9.59 Å². The molecule has 1 atom stereocenters. The Morgan fingerprint density at radius 3 is 2.69 bits per heavy atom. The van der Waals surface area contributed by atoms with Crippen molar-refractivity contribution in [2.45, 2.75) is 44.6 Å². The Morgan fingerprint density at radius 2 is 1.83 bits per heavy atom. The Kier molecular flexibility index (Phi) is 6.92. The number of ether oxygens (including phenoxy) is 1. The number of hydroxylamine groups is 2. The molecule has 3 heterocycles. The van der Waals surface area contributed by atoms with Crippen LogP contribution in [0.15, 0.2) is 59.1 Å². The lowest BCUT2D eigenvalue weighted by Gasteiger charge is -2.33. The van der Waals surface area contributed by atoms with Gasteiger partial charge in [0, 0.05) is 18.5 Å². The molecule has 2 saturated heterocycles. The van der Waals surface area contributed by atoms with Gasteiger partial charge in [-0.05, 0) is 56.4 Å². The number of aromatic nitrogens is 2. The molecule has 0 spiro atoms. The van der Waals surface area contributed by atoms with Gasteiger partial charge in [-0.2, -0.15) is 10.0 Å². The normalized spacial score (nSPS) is 18.4. The zero-order valence-electron chi connectivity index (χ0n) is 19.5. The lowest BCUT2D eigenvalue weighted by Crippen LogP contribution is -2.41. The lowest BCUT2D eigenvalue weighted by atomic mass is 10.0. The minimum absolute atomic E-state index is 0.0122. The monoisotopic (exact) mass is 476 g/mol. The van der Waals surface area contributed by atoms with Crippen LogP contribution in [-0.4, -0.2) is 51.6 Å². The number of carbonyl (C=O) groups is 2. The van der Waals surface area contributed by atoms with E-state index < -0.39 is 0 Å². The molecule has 0 N–H and O–H groups in total. The van der Waals surface area contributed by atoms with E-state index in [1.165, 1.54) is 5.06 Å². The van der Waals surface area contributed by atoms with Gasteiger partial charge in [0.15, 0.2) is 12.4 Å². The number of hydrogen-bond donors (Lipinski definition) is 0. The highest BCUT2D eigenvalue weighted by Gasteiger charge is 2.32. The molecule has 0 saturated carbocycles. The number of para-hydroxylation sites is 1. The Balaban J connectivity index is 1.28. The van der Waals surface area contributed by atoms with Crippen LogP contribution in [0.4, 0.5) is 0 Å². The van der Waals surface area contributed by atoms with E-state index in [4.69, 9.17) is 14.1 Å². The van der Waals surface area contributed by atoms with Gasteiger partial charge in [-0.1, -0.05) is 35.5 Å². The number of amides is 2. The van der Waals surface area contributed by atoms with Gasteiger partial charge in [-0.25, -0.2) is 0 Å². The Labute approximate surface area is 203 Å². The predicted molar refractivity (Wildman–Crippen MR) is 126 cm³/mol. The van der Waals surface area contributed by atoms with Crippen molar-refractivity contribution < 1.29 is 23.7 Å². The third kappa shape index (κ3) is 5.45. The Morgan fingerprint density at radius 1 is 1.00 bits per heavy atom. The highest BCUT2D eigenvalue weighted by Crippen LogP contribution is 2.32. The number of likely N-dealkylation sites (tertiary alicyclic amines) is 1. The van der Waals surface area contributed by atoms with E-state index in [1.54, 1.807) is 17.0 Å². The molecule has 0 unspecified atom stereocenters. The van der Waals surface area contributed by atoms with Crippen molar-refractivity contribution in [1.29, 1.82) is 0 Å². The van der Waals surface area contributed by atoms with Gasteiger partial charge >= 0.3 is 0 Å². The first-order chi connectivity index (χ1) is 17.2. The fraction of sp³-hybridized carbons (Fsp3) is 0.385. The molecule has 2 aliphatic rings. The second-order valence-electron chi connectivity index (χ2n) is 8.73. The summed E-state index contributed by atoms with van der Waals surface area (Å²) in [6.45, 7) is 1.15. The third-order valence-corrected chi connectivity index (χ3v) is 6.24. The summed E-state index contributed by atoms with van der Waals surface area (Å²) in [5.74, 6) is 1.89. The van der Waals surface area contributed by atoms with Crippen LogP contribution in [0.25, 0.3) is 11.4 Å². The van der Waals surface area contributed by atoms with Crippen molar-refractivity contribution in [3.05, 3.63) is 60.5 Å². The molecule has 0 radical (unpaired) electrons. The largest absolute Gasteiger partial charge is 0.484 e. The second-order valence-corrected chi connectivity index (χ2v) is 8.73. The smallest absolute Gasteiger partial charge is 0.261 e. The van der Waals surface area contributed by atoms with E-state index in [0.717, 1.165) is 32.1 Å². The molecule has 182 valence electrons. The minimum atomic E-state index is -0.290. The fourth-order valence-corrected chi connectivity index (χ4v) is 4.42. The molecule has 9 nitrogen and oxygen atoms in total. The second kappa shape index (κ2) is 10.6. The van der Waals surface area contributed by atoms with Crippen molar-refractivity contribution in [3.8, 4) is 22.9 Å². The fourth-order valence-electron chi connectivity index (χ4n) is 4.42. The van der Waals surface area contributed by atoms with E-state index in [2.05, 4.69) is 10.1 Å². The molecule has 9 heteroatoms. The van der Waals surface area contributed by atoms with Crippen LogP contribution in [0.3, 0.4) is 0 Å². The van der Waals surface area contributed by atoms with Crippen molar-refractivity contribution in [3.63, 3.8) is 0 Å². The maximum Gasteiger partial charge on any atom is 0.261 e. The van der Waals surface area contributed by atoms with Gasteiger partial charge in [-0.15, -0.1) is 0 Å². The van der Waals surface area contributed by atoms with Crippen molar-refractivity contribution in [1.82, 2.24) is 20.1 Å². The summed E-state index contributed by atoms with van der Waals surface area (Å²) in [6, 6.07) is 16.3. The minimum Gasteiger partial charge on any atom is -0.484 e. The molecule has 2 aliphatic heterocycles. The Bertz CT molecular complexity index is 1170. The summed E-state index contributed by atoms with van der Waals surface area (Å²) in [6.07, 6.45) is 4.96. The molecule has 2 aromatic carbocycles. The number of benzene rings is 2. The number of nitrogens with zero attached hydrogens (tertiary/aromatic N) is 4. The van der Waals surface area contributed by atoms with Gasteiger partial charge in [-0.3, -0.25) is 9.59 Å². The van der Waals surface area contributed by atoms with Crippen LogP contribution in [-0.2, 0) is 9.59 Å². The summed E-state index contributed by atoms with van der Waals surface area (Å²) < 4.78 is 11.3. The van der Waals surface area contributed by atoms with Crippen molar-refractivity contribution >= 4 is 11.8 Å². The number of rotatable bonds is 7. The molecule has 2 fully saturated rings. The van der Waals surface area contributed by atoms with Crippen molar-refractivity contribution in [2.24, 2.45) is 0 Å². The molecule has 2 amide bonds. The van der Waals surface area contributed by atoms with Gasteiger partial charge in [0.25, 0.3) is 11.8 Å². The lowest BCUT2D eigenvalue weighted by molar-refractivity contribution is -0.161. The maximum atomic E-state index is 13.0. The molecule has 35 heavy (non-hydrogen) atoms. The molecule has 0 aliphatic carbocycles. The number of carbonyl (C=O) groups excluding carboxylic acids is 2. The van der Waals surface area contributed by atoms with Gasteiger partial charge in [0.05, 0.1) is 6.54 Å². The van der Waals surface area contributed by atoms with Gasteiger partial charge in [0.1, 0.15) is 11.8 Å². The first-order valence-corrected chi connectivity index (χ1v) is 12.1. The average molecular weight is 477 g/mol. The summed E-state index contributed by atoms with van der Waals surface area (Å²) in [5, 5.41) is 5.57. The zero-order valence-corrected chi connectivity index (χ0v) is 19.5. The first kappa shape index (κ1) is 22.9. The summed E-state index contributed by atoms with van der Waals surface area (Å²) >= 11 is 0. The number of hydrogen-bond acceptors (Lipinski definition) is 7. The van der Waals surface area contributed by atoms with Crippen molar-refractivity contribution in [2.75, 3.05) is 19.7 Å². The van der Waals surface area contributed by atoms with Crippen LogP contribution in [0.2, 0.25) is 0 Å². The van der Waals surface area contributed by atoms with E-state index in [0.29, 0.717) is 48.3 Å². The highest BCUT2D eigenvalue weighted by atomic mass is 16.7. The van der Waals surface area contributed by atoms with Crippen LogP contribution in [0, 0.1) is 0 Å². The molecule has 0 bridgehead atoms. The van der Waals surface area contributed by atoms with Crippen LogP contribution in [0.5, 0.6) is 11.5 Å². The molecule has 5 rings (SSSR count). The predicted octanol–water partition coefficient (Wildman–Crippen LogP) is 4.18. The average Bonchev–Trinajstić information content (AvgIpc) is 3.40. The standard InChI is InChI=1S/C26H28N4O5/c31-23-14-5-7-16-30(23)35-21-12-8-9-19(17-21)25-27-26(34-28-25)22-13-4-6-15-29(22)24(32)18-33-20-10-2-1-3-11-20/h1-3,8-12,17,22H,4-7,13-16,18H2/t22-/m0/s1. The first-order valence-electron chi connectivity index (χ1n) is 12.1. The molecule has 1 aromatic heterocycles. The van der Waals surface area contributed by atoms with E-state index >= 15 is 0 Å².